The van der Waals surface area contributed by atoms with Gasteiger partial charge in [-0.3, -0.25) is 14.9 Å². The lowest BCUT2D eigenvalue weighted by Gasteiger charge is -2.48. The van der Waals surface area contributed by atoms with E-state index in [1.54, 1.807) is 24.1 Å². The number of nitro benzene ring substituents is 1. The molecule has 34 heavy (non-hydrogen) atoms. The normalized spacial score (nSPS) is 15.7. The maximum atomic E-state index is 12.5. The number of halogens is 1. The van der Waals surface area contributed by atoms with E-state index in [4.69, 9.17) is 4.74 Å². The van der Waals surface area contributed by atoms with Crippen molar-refractivity contribution in [3.05, 3.63) is 49.5 Å². The van der Waals surface area contributed by atoms with Crippen LogP contribution in [0.4, 0.5) is 27.7 Å². The minimum absolute atomic E-state index is 0.0465. The van der Waals surface area contributed by atoms with Gasteiger partial charge in [0.05, 0.1) is 10.5 Å². The van der Waals surface area contributed by atoms with E-state index in [1.807, 2.05) is 39.5 Å². The van der Waals surface area contributed by atoms with Gasteiger partial charge < -0.3 is 24.4 Å². The Morgan fingerprint density at radius 3 is 2.56 bits per heavy atom. The molecule has 1 aliphatic rings. The average molecular weight is 537 g/mol. The number of anilines is 3. The maximum absolute atomic E-state index is 12.5. The number of nitrogens with one attached hydrogen (secondary N) is 1. The number of benzene rings is 1. The van der Waals surface area contributed by atoms with Gasteiger partial charge in [-0.1, -0.05) is 0 Å². The zero-order chi connectivity index (χ0) is 25.4. The van der Waals surface area contributed by atoms with E-state index in [1.165, 1.54) is 16.8 Å². The Balaban J connectivity index is 1.88. The highest BCUT2D eigenvalue weighted by molar-refractivity contribution is 9.10. The lowest BCUT2D eigenvalue weighted by Crippen LogP contribution is -2.61. The zero-order valence-electron chi connectivity index (χ0n) is 20.1. The number of carbonyl (C=O) groups excluding carboxylic acids is 1. The summed E-state index contributed by atoms with van der Waals surface area (Å²) >= 11 is 3.24. The zero-order valence-corrected chi connectivity index (χ0v) is 21.7. The van der Waals surface area contributed by atoms with E-state index in [0.29, 0.717) is 35.6 Å². The monoisotopic (exact) mass is 536 g/mol. The topological polar surface area (TPSA) is 123 Å². The second-order valence-corrected chi connectivity index (χ2v) is 10.6. The van der Waals surface area contributed by atoms with E-state index >= 15 is 0 Å². The molecule has 1 fully saturated rings. The Morgan fingerprint density at radius 2 is 1.97 bits per heavy atom. The molecule has 12 heteroatoms. The molecule has 0 atom stereocenters. The Kier molecular flexibility index (Phi) is 6.92. The molecule has 1 N–H and O–H groups in total. The number of rotatable bonds is 4. The van der Waals surface area contributed by atoms with Crippen molar-refractivity contribution in [1.29, 1.82) is 0 Å². The third kappa shape index (κ3) is 5.66. The number of aryl methyl sites for hydroxylation is 1. The molecule has 1 amide bonds. The molecule has 0 unspecified atom stereocenters. The van der Waals surface area contributed by atoms with Gasteiger partial charge in [-0.25, -0.2) is 9.78 Å². The highest BCUT2D eigenvalue weighted by atomic mass is 79.9. The quantitative estimate of drug-likeness (QED) is 0.458. The molecule has 184 valence electrons. The highest BCUT2D eigenvalue weighted by Crippen LogP contribution is 2.37. The molecule has 1 aromatic carbocycles. The maximum Gasteiger partial charge on any atom is 0.410 e. The molecular formula is C22H29BrN6O5. The molecule has 2 aromatic rings. The van der Waals surface area contributed by atoms with Crippen LogP contribution in [0.2, 0.25) is 0 Å². The molecule has 1 aromatic heterocycles. The molecule has 1 aliphatic heterocycles. The fourth-order valence-corrected chi connectivity index (χ4v) is 4.33. The van der Waals surface area contributed by atoms with E-state index in [0.717, 1.165) is 0 Å². The largest absolute Gasteiger partial charge is 0.444 e. The number of nitro groups is 1. The van der Waals surface area contributed by atoms with Gasteiger partial charge in [0.2, 0.25) is 0 Å². The van der Waals surface area contributed by atoms with Crippen molar-refractivity contribution < 1.29 is 14.5 Å². The first-order valence-corrected chi connectivity index (χ1v) is 11.5. The first kappa shape index (κ1) is 25.5. The van der Waals surface area contributed by atoms with Crippen molar-refractivity contribution in [2.75, 3.05) is 29.9 Å². The minimum Gasteiger partial charge on any atom is -0.444 e. The molecule has 0 aliphatic carbocycles. The summed E-state index contributed by atoms with van der Waals surface area (Å²) in [4.78, 5) is 44.1. The molecule has 0 radical (unpaired) electrons. The summed E-state index contributed by atoms with van der Waals surface area (Å²) in [5, 5.41) is 14.8. The standard InChI is InChI=1S/C22H29BrN6O5/c1-21(2,3)34-20(31)27-9-10-28(22(4,5)13-27)15-8-7-14(11-16(15)29(32)33)24-18-19(30)26(6)12-17(23)25-18/h7-8,11-12H,9-10,13H2,1-6H3,(H,24,25). The Morgan fingerprint density at radius 1 is 1.29 bits per heavy atom. The average Bonchev–Trinajstić information content (AvgIpc) is 2.70. The van der Waals surface area contributed by atoms with Crippen LogP contribution in [-0.2, 0) is 11.8 Å². The smallest absolute Gasteiger partial charge is 0.410 e. The van der Waals surface area contributed by atoms with E-state index < -0.39 is 22.2 Å². The summed E-state index contributed by atoms with van der Waals surface area (Å²) < 4.78 is 7.30. The summed E-state index contributed by atoms with van der Waals surface area (Å²) in [6.07, 6.45) is 1.12. The first-order valence-electron chi connectivity index (χ1n) is 10.7. The molecule has 2 heterocycles. The molecule has 1 saturated heterocycles. The van der Waals surface area contributed by atoms with E-state index in [2.05, 4.69) is 26.2 Å². The Hall–Kier alpha value is -3.15. The Labute approximate surface area is 206 Å². The van der Waals surface area contributed by atoms with E-state index in [9.17, 15) is 19.7 Å². The number of piperazine rings is 1. The number of ether oxygens (including phenoxy) is 1. The number of nitrogens with zero attached hydrogens (tertiary/aromatic N) is 5. The van der Waals surface area contributed by atoms with Crippen LogP contribution in [0.25, 0.3) is 0 Å². The van der Waals surface area contributed by atoms with Crippen LogP contribution in [-0.4, -0.2) is 56.2 Å². The fourth-order valence-electron chi connectivity index (χ4n) is 3.85. The van der Waals surface area contributed by atoms with Crippen molar-refractivity contribution in [2.24, 2.45) is 7.05 Å². The summed E-state index contributed by atoms with van der Waals surface area (Å²) in [6, 6.07) is 4.70. The fraction of sp³-hybridized carbons (Fsp3) is 0.500. The van der Waals surface area contributed by atoms with Gasteiger partial charge in [0.15, 0.2) is 5.82 Å². The second kappa shape index (κ2) is 9.24. The van der Waals surface area contributed by atoms with Crippen LogP contribution >= 0.6 is 15.9 Å². The van der Waals surface area contributed by atoms with Crippen LogP contribution in [0.3, 0.4) is 0 Å². The third-order valence-corrected chi connectivity index (χ3v) is 5.70. The van der Waals surface area contributed by atoms with Gasteiger partial charge in [0.25, 0.3) is 11.2 Å². The molecule has 11 nitrogen and oxygen atoms in total. The minimum atomic E-state index is -0.607. The molecular weight excluding hydrogens is 508 g/mol. The third-order valence-electron chi connectivity index (χ3n) is 5.32. The highest BCUT2D eigenvalue weighted by Gasteiger charge is 2.39. The van der Waals surface area contributed by atoms with Gasteiger partial charge in [-0.05, 0) is 62.7 Å². The van der Waals surface area contributed by atoms with Crippen LogP contribution in [0.1, 0.15) is 34.6 Å². The van der Waals surface area contributed by atoms with Gasteiger partial charge >= 0.3 is 6.09 Å². The van der Waals surface area contributed by atoms with E-state index in [-0.39, 0.29) is 17.1 Å². The van der Waals surface area contributed by atoms with Crippen molar-refractivity contribution in [2.45, 2.75) is 45.8 Å². The first-order chi connectivity index (χ1) is 15.7. The summed E-state index contributed by atoms with van der Waals surface area (Å²) in [5.74, 6) is 0.0465. The van der Waals surface area contributed by atoms with Crippen LogP contribution < -0.4 is 15.8 Å². The summed E-state index contributed by atoms with van der Waals surface area (Å²) in [5.41, 5.74) is -0.881. The van der Waals surface area contributed by atoms with Crippen LogP contribution in [0, 0.1) is 10.1 Å². The molecule has 3 rings (SSSR count). The van der Waals surface area contributed by atoms with Gasteiger partial charge in [0, 0.05) is 44.6 Å². The van der Waals surface area contributed by atoms with Crippen LogP contribution in [0.5, 0.6) is 0 Å². The van der Waals surface area contributed by atoms with Crippen molar-refractivity contribution >= 4 is 44.9 Å². The van der Waals surface area contributed by atoms with Crippen molar-refractivity contribution in [3.8, 4) is 0 Å². The van der Waals surface area contributed by atoms with Crippen molar-refractivity contribution in [1.82, 2.24) is 14.5 Å². The molecule has 0 saturated carbocycles. The second-order valence-electron chi connectivity index (χ2n) is 9.78. The number of aromatic nitrogens is 2. The molecule has 0 spiro atoms. The van der Waals surface area contributed by atoms with Gasteiger partial charge in [0.1, 0.15) is 15.9 Å². The van der Waals surface area contributed by atoms with Crippen molar-refractivity contribution in [3.63, 3.8) is 0 Å². The lowest BCUT2D eigenvalue weighted by molar-refractivity contribution is -0.384. The SMILES string of the molecule is Cn1cc(Br)nc(Nc2ccc(N3CCN(C(=O)OC(C)(C)C)CC3(C)C)c([N+](=O)[O-])c2)c1=O. The van der Waals surface area contributed by atoms with Crippen LogP contribution in [0.15, 0.2) is 33.8 Å². The predicted molar refractivity (Wildman–Crippen MR) is 133 cm³/mol. The number of carbonyl (C=O) groups is 1. The van der Waals surface area contributed by atoms with Gasteiger partial charge in [-0.2, -0.15) is 0 Å². The number of hydrogen-bond donors (Lipinski definition) is 1. The summed E-state index contributed by atoms with van der Waals surface area (Å²) in [7, 11) is 1.59. The summed E-state index contributed by atoms with van der Waals surface area (Å²) in [6.45, 7) is 10.4. The van der Waals surface area contributed by atoms with Gasteiger partial charge in [-0.15, -0.1) is 0 Å². The number of amides is 1. The molecule has 0 bridgehead atoms. The Bertz CT molecular complexity index is 1170. The lowest BCUT2D eigenvalue weighted by atomic mass is 9.97. The number of hydrogen-bond acceptors (Lipinski definition) is 8. The predicted octanol–water partition coefficient (Wildman–Crippen LogP) is 4.03.